The molecule has 0 heterocycles. The van der Waals surface area contributed by atoms with Crippen molar-refractivity contribution in [1.82, 2.24) is 0 Å². The van der Waals surface area contributed by atoms with Gasteiger partial charge in [0.2, 0.25) is 0 Å². The van der Waals surface area contributed by atoms with Crippen molar-refractivity contribution < 1.29 is 5.11 Å². The topological polar surface area (TPSA) is 46.2 Å². The Morgan fingerprint density at radius 1 is 1.47 bits per heavy atom. The SMILES string of the molecule is Cc1cc(Br)c(O)c(CC2(N)CC2)c1C. The van der Waals surface area contributed by atoms with Crippen LogP contribution in [0.5, 0.6) is 5.75 Å². The summed E-state index contributed by atoms with van der Waals surface area (Å²) < 4.78 is 0.768. The van der Waals surface area contributed by atoms with Crippen LogP contribution in [-0.2, 0) is 6.42 Å². The Hall–Kier alpha value is -0.540. The fraction of sp³-hybridized carbons (Fsp3) is 0.500. The summed E-state index contributed by atoms with van der Waals surface area (Å²) in [5.41, 5.74) is 9.38. The van der Waals surface area contributed by atoms with E-state index in [0.29, 0.717) is 5.75 Å². The van der Waals surface area contributed by atoms with Crippen LogP contribution in [0.1, 0.15) is 29.5 Å². The summed E-state index contributed by atoms with van der Waals surface area (Å²) in [6, 6.07) is 1.95. The average molecular weight is 270 g/mol. The maximum absolute atomic E-state index is 9.99. The number of hydrogen-bond donors (Lipinski definition) is 2. The molecular formula is C12H16BrNO. The van der Waals surface area contributed by atoms with Crippen LogP contribution in [-0.4, -0.2) is 10.6 Å². The standard InChI is InChI=1S/C12H16BrNO/c1-7-5-10(13)11(15)9(8(7)2)6-12(14)3-4-12/h5,15H,3-4,6,14H2,1-2H3. The Morgan fingerprint density at radius 2 is 2.07 bits per heavy atom. The van der Waals surface area contributed by atoms with Gasteiger partial charge in [0, 0.05) is 11.1 Å². The molecule has 1 aliphatic rings. The van der Waals surface area contributed by atoms with E-state index in [2.05, 4.69) is 22.9 Å². The predicted molar refractivity (Wildman–Crippen MR) is 65.1 cm³/mol. The molecule has 0 saturated heterocycles. The highest BCUT2D eigenvalue weighted by molar-refractivity contribution is 9.10. The van der Waals surface area contributed by atoms with Gasteiger partial charge in [0.25, 0.3) is 0 Å². The summed E-state index contributed by atoms with van der Waals surface area (Å²) in [5.74, 6) is 0.356. The van der Waals surface area contributed by atoms with Crippen LogP contribution in [0.3, 0.4) is 0 Å². The van der Waals surface area contributed by atoms with Crippen molar-refractivity contribution in [2.75, 3.05) is 0 Å². The van der Waals surface area contributed by atoms with Crippen LogP contribution >= 0.6 is 15.9 Å². The fourth-order valence-corrected chi connectivity index (χ4v) is 2.41. The van der Waals surface area contributed by atoms with Gasteiger partial charge in [-0.1, -0.05) is 0 Å². The molecule has 0 unspecified atom stereocenters. The molecule has 3 heteroatoms. The van der Waals surface area contributed by atoms with Crippen molar-refractivity contribution in [3.05, 3.63) is 27.2 Å². The van der Waals surface area contributed by atoms with Gasteiger partial charge in [-0.3, -0.25) is 0 Å². The quantitative estimate of drug-likeness (QED) is 0.868. The van der Waals surface area contributed by atoms with Gasteiger partial charge in [0.15, 0.2) is 0 Å². The number of aryl methyl sites for hydroxylation is 1. The zero-order valence-electron chi connectivity index (χ0n) is 9.10. The maximum atomic E-state index is 9.99. The highest BCUT2D eigenvalue weighted by atomic mass is 79.9. The fourth-order valence-electron chi connectivity index (χ4n) is 1.83. The Morgan fingerprint density at radius 3 is 2.60 bits per heavy atom. The third kappa shape index (κ3) is 2.04. The molecule has 0 atom stereocenters. The van der Waals surface area contributed by atoms with Gasteiger partial charge in [-0.2, -0.15) is 0 Å². The monoisotopic (exact) mass is 269 g/mol. The van der Waals surface area contributed by atoms with Crippen molar-refractivity contribution >= 4 is 15.9 Å². The minimum atomic E-state index is -0.0600. The van der Waals surface area contributed by atoms with Crippen LogP contribution < -0.4 is 5.73 Å². The van der Waals surface area contributed by atoms with E-state index in [-0.39, 0.29) is 5.54 Å². The van der Waals surface area contributed by atoms with E-state index in [1.807, 2.05) is 13.0 Å². The number of halogens is 1. The smallest absolute Gasteiger partial charge is 0.133 e. The molecule has 1 fully saturated rings. The van der Waals surface area contributed by atoms with Crippen LogP contribution in [0.2, 0.25) is 0 Å². The van der Waals surface area contributed by atoms with Gasteiger partial charge < -0.3 is 10.8 Å². The molecule has 0 amide bonds. The molecule has 3 N–H and O–H groups in total. The lowest BCUT2D eigenvalue weighted by Crippen LogP contribution is -2.25. The minimum Gasteiger partial charge on any atom is -0.506 e. The van der Waals surface area contributed by atoms with Gasteiger partial charge in [-0.05, 0) is 66.2 Å². The molecule has 1 aromatic rings. The second-order valence-corrected chi connectivity index (χ2v) is 5.52. The van der Waals surface area contributed by atoms with Gasteiger partial charge >= 0.3 is 0 Å². The van der Waals surface area contributed by atoms with E-state index in [1.165, 1.54) is 5.56 Å². The second kappa shape index (κ2) is 3.49. The normalized spacial score (nSPS) is 17.9. The number of rotatable bonds is 2. The molecule has 1 saturated carbocycles. The van der Waals surface area contributed by atoms with Gasteiger partial charge in [-0.25, -0.2) is 0 Å². The van der Waals surface area contributed by atoms with Crippen LogP contribution in [0.4, 0.5) is 0 Å². The number of phenolic OH excluding ortho intramolecular Hbond substituents is 1. The lowest BCUT2D eigenvalue weighted by Gasteiger charge is -2.16. The van der Waals surface area contributed by atoms with E-state index in [9.17, 15) is 5.11 Å². The molecular weight excluding hydrogens is 254 g/mol. The van der Waals surface area contributed by atoms with E-state index in [4.69, 9.17) is 5.73 Å². The highest BCUT2D eigenvalue weighted by Crippen LogP contribution is 2.41. The minimum absolute atomic E-state index is 0.0600. The third-order valence-corrected chi connectivity index (χ3v) is 3.93. The first-order valence-electron chi connectivity index (χ1n) is 5.19. The maximum Gasteiger partial charge on any atom is 0.133 e. The van der Waals surface area contributed by atoms with Crippen LogP contribution in [0, 0.1) is 13.8 Å². The van der Waals surface area contributed by atoms with E-state index in [0.717, 1.165) is 34.9 Å². The van der Waals surface area contributed by atoms with Crippen LogP contribution in [0.15, 0.2) is 10.5 Å². The summed E-state index contributed by atoms with van der Waals surface area (Å²) in [4.78, 5) is 0. The molecule has 15 heavy (non-hydrogen) atoms. The molecule has 0 aromatic heterocycles. The molecule has 0 spiro atoms. The predicted octanol–water partition coefficient (Wildman–Crippen LogP) is 2.81. The Balaban J connectivity index is 2.44. The summed E-state index contributed by atoms with van der Waals surface area (Å²) in [7, 11) is 0. The lowest BCUT2D eigenvalue weighted by atomic mass is 9.96. The molecule has 0 bridgehead atoms. The van der Waals surface area contributed by atoms with Crippen molar-refractivity contribution in [2.24, 2.45) is 5.73 Å². The van der Waals surface area contributed by atoms with Gasteiger partial charge in [0.05, 0.1) is 4.47 Å². The van der Waals surface area contributed by atoms with Gasteiger partial charge in [0.1, 0.15) is 5.75 Å². The molecule has 1 aromatic carbocycles. The summed E-state index contributed by atoms with van der Waals surface area (Å²) >= 11 is 3.37. The van der Waals surface area contributed by atoms with E-state index < -0.39 is 0 Å². The zero-order valence-corrected chi connectivity index (χ0v) is 10.7. The first kappa shape index (κ1) is 11.0. The lowest BCUT2D eigenvalue weighted by molar-refractivity contribution is 0.459. The molecule has 1 aliphatic carbocycles. The van der Waals surface area contributed by atoms with Crippen molar-refractivity contribution in [3.8, 4) is 5.75 Å². The second-order valence-electron chi connectivity index (χ2n) is 4.67. The summed E-state index contributed by atoms with van der Waals surface area (Å²) in [6.45, 7) is 4.10. The Labute approximate surface area is 98.6 Å². The number of phenols is 1. The summed E-state index contributed by atoms with van der Waals surface area (Å²) in [6.07, 6.45) is 2.92. The first-order chi connectivity index (χ1) is 6.93. The van der Waals surface area contributed by atoms with E-state index in [1.54, 1.807) is 0 Å². The average Bonchev–Trinajstić information content (AvgIpc) is 2.89. The Kier molecular flexibility index (Phi) is 2.55. The van der Waals surface area contributed by atoms with Crippen molar-refractivity contribution in [1.29, 1.82) is 0 Å². The molecule has 0 aliphatic heterocycles. The largest absolute Gasteiger partial charge is 0.506 e. The van der Waals surface area contributed by atoms with E-state index >= 15 is 0 Å². The number of benzene rings is 1. The molecule has 82 valence electrons. The molecule has 2 rings (SSSR count). The van der Waals surface area contributed by atoms with Crippen LogP contribution in [0.25, 0.3) is 0 Å². The summed E-state index contributed by atoms with van der Waals surface area (Å²) in [5, 5.41) is 9.99. The number of aromatic hydroxyl groups is 1. The first-order valence-corrected chi connectivity index (χ1v) is 5.99. The van der Waals surface area contributed by atoms with Gasteiger partial charge in [-0.15, -0.1) is 0 Å². The third-order valence-electron chi connectivity index (χ3n) is 3.32. The highest BCUT2D eigenvalue weighted by Gasteiger charge is 2.39. The zero-order chi connectivity index (χ0) is 11.2. The molecule has 2 nitrogen and oxygen atoms in total. The van der Waals surface area contributed by atoms with Crippen molar-refractivity contribution in [3.63, 3.8) is 0 Å². The molecule has 0 radical (unpaired) electrons. The number of nitrogens with two attached hydrogens (primary N) is 1. The van der Waals surface area contributed by atoms with Crippen molar-refractivity contribution in [2.45, 2.75) is 38.6 Å². The number of hydrogen-bond acceptors (Lipinski definition) is 2. The Bertz CT molecular complexity index is 384.